The minimum atomic E-state index is -4.94. The molecule has 0 radical (unpaired) electrons. The number of carbonyl (C=O) groups excluding carboxylic acids is 3. The third kappa shape index (κ3) is 5.88. The van der Waals surface area contributed by atoms with Gasteiger partial charge in [-0.2, -0.15) is 0 Å². The third-order valence-electron chi connectivity index (χ3n) is 6.44. The molecule has 1 saturated carbocycles. The topological polar surface area (TPSA) is 100 Å². The maximum absolute atomic E-state index is 14.3. The van der Waals surface area contributed by atoms with E-state index in [-0.39, 0.29) is 49.7 Å². The molecule has 2 aliphatic heterocycles. The number of ether oxygens (including phenoxy) is 2. The Balaban J connectivity index is 1.46. The zero-order valence-corrected chi connectivity index (χ0v) is 19.0. The zero-order valence-electron chi connectivity index (χ0n) is 19.0. The van der Waals surface area contributed by atoms with Crippen LogP contribution in [0.1, 0.15) is 31.2 Å². The van der Waals surface area contributed by atoms with Crippen molar-refractivity contribution in [2.75, 3.05) is 26.7 Å². The summed E-state index contributed by atoms with van der Waals surface area (Å²) in [5.74, 6) is -1.99. The van der Waals surface area contributed by atoms with Crippen LogP contribution in [-0.2, 0) is 16.1 Å². The van der Waals surface area contributed by atoms with Crippen molar-refractivity contribution in [3.05, 3.63) is 29.6 Å². The molecule has 13 heteroatoms. The Bertz CT molecular complexity index is 1000. The van der Waals surface area contributed by atoms with E-state index >= 15 is 0 Å². The van der Waals surface area contributed by atoms with Crippen LogP contribution in [0.4, 0.5) is 27.2 Å². The van der Waals surface area contributed by atoms with Gasteiger partial charge in [-0.1, -0.05) is 6.07 Å². The van der Waals surface area contributed by atoms with Gasteiger partial charge >= 0.3 is 24.4 Å². The fourth-order valence-corrected chi connectivity index (χ4v) is 4.84. The molecule has 0 bridgehead atoms. The van der Waals surface area contributed by atoms with Crippen molar-refractivity contribution in [1.29, 1.82) is 0 Å². The molecule has 1 aromatic rings. The van der Waals surface area contributed by atoms with Crippen molar-refractivity contribution >= 4 is 18.0 Å². The molecule has 3 aliphatic rings. The zero-order chi connectivity index (χ0) is 25.4. The standard InChI is InChI=1S/C22H26F4N4O5/c1-27-19(32)29-10-15(7-21(11-29)8-18(31)34-12-21)30(14-3-4-14)20(33)28-9-13-2-5-16(6-17(13)23)35-22(24,25)26/h2,5-6,14-15H,3-4,7-12H2,1H3,(H,27,32)(H,28,33). The average Bonchev–Trinajstić information content (AvgIpc) is 3.54. The Kier molecular flexibility index (Phi) is 6.69. The molecular formula is C22H26F4N4O5. The number of alkyl halides is 3. The summed E-state index contributed by atoms with van der Waals surface area (Å²) in [5.41, 5.74) is -0.606. The Morgan fingerprint density at radius 2 is 2.03 bits per heavy atom. The lowest BCUT2D eigenvalue weighted by atomic mass is 9.77. The van der Waals surface area contributed by atoms with Crippen LogP contribution in [-0.4, -0.2) is 73.0 Å². The quantitative estimate of drug-likeness (QED) is 0.477. The number of nitrogens with zero attached hydrogens (tertiary/aromatic N) is 2. The first-order valence-electron chi connectivity index (χ1n) is 11.2. The van der Waals surface area contributed by atoms with Crippen LogP contribution in [0.5, 0.6) is 5.75 Å². The molecule has 35 heavy (non-hydrogen) atoms. The lowest BCUT2D eigenvalue weighted by Gasteiger charge is -2.46. The molecule has 2 atom stereocenters. The van der Waals surface area contributed by atoms with E-state index in [1.807, 2.05) is 0 Å². The number of amides is 4. The van der Waals surface area contributed by atoms with E-state index in [1.54, 1.807) is 9.80 Å². The highest BCUT2D eigenvalue weighted by Crippen LogP contribution is 2.42. The van der Waals surface area contributed by atoms with Gasteiger partial charge in [0.2, 0.25) is 0 Å². The summed E-state index contributed by atoms with van der Waals surface area (Å²) in [6.07, 6.45) is -2.79. The third-order valence-corrected chi connectivity index (χ3v) is 6.44. The van der Waals surface area contributed by atoms with Crippen LogP contribution >= 0.6 is 0 Å². The van der Waals surface area contributed by atoms with Gasteiger partial charge in [0.05, 0.1) is 19.1 Å². The van der Waals surface area contributed by atoms with Gasteiger partial charge in [-0.05, 0) is 25.3 Å². The maximum Gasteiger partial charge on any atom is 0.573 e. The van der Waals surface area contributed by atoms with Gasteiger partial charge in [-0.3, -0.25) is 4.79 Å². The highest BCUT2D eigenvalue weighted by molar-refractivity contribution is 5.77. The van der Waals surface area contributed by atoms with Crippen LogP contribution in [0.15, 0.2) is 18.2 Å². The minimum Gasteiger partial charge on any atom is -0.465 e. The smallest absolute Gasteiger partial charge is 0.465 e. The molecule has 2 unspecified atom stereocenters. The van der Waals surface area contributed by atoms with Crippen molar-refractivity contribution in [3.63, 3.8) is 0 Å². The van der Waals surface area contributed by atoms with E-state index in [9.17, 15) is 31.9 Å². The Labute approximate surface area is 198 Å². The summed E-state index contributed by atoms with van der Waals surface area (Å²) in [4.78, 5) is 40.7. The molecule has 3 fully saturated rings. The fourth-order valence-electron chi connectivity index (χ4n) is 4.84. The second kappa shape index (κ2) is 9.42. The number of cyclic esters (lactones) is 1. The molecule has 0 aromatic heterocycles. The van der Waals surface area contributed by atoms with Gasteiger partial charge in [0, 0.05) is 49.8 Å². The predicted molar refractivity (Wildman–Crippen MR) is 113 cm³/mol. The molecule has 1 aliphatic carbocycles. The number of esters is 1. The lowest BCUT2D eigenvalue weighted by molar-refractivity contribution is -0.274. The fraction of sp³-hybridized carbons (Fsp3) is 0.591. The summed E-state index contributed by atoms with van der Waals surface area (Å²) in [7, 11) is 1.50. The van der Waals surface area contributed by atoms with E-state index < -0.39 is 35.4 Å². The van der Waals surface area contributed by atoms with Crippen LogP contribution in [0, 0.1) is 11.2 Å². The summed E-state index contributed by atoms with van der Waals surface area (Å²) >= 11 is 0. The van der Waals surface area contributed by atoms with Crippen molar-refractivity contribution in [2.45, 2.75) is 50.7 Å². The Morgan fingerprint density at radius 1 is 1.29 bits per heavy atom. The van der Waals surface area contributed by atoms with Crippen molar-refractivity contribution < 1.29 is 41.4 Å². The van der Waals surface area contributed by atoms with Crippen LogP contribution < -0.4 is 15.4 Å². The van der Waals surface area contributed by atoms with Crippen LogP contribution in [0.3, 0.4) is 0 Å². The normalized spacial score (nSPS) is 24.2. The molecule has 9 nitrogen and oxygen atoms in total. The van der Waals surface area contributed by atoms with E-state index in [2.05, 4.69) is 15.4 Å². The second-order valence-corrected chi connectivity index (χ2v) is 9.23. The van der Waals surface area contributed by atoms with Gasteiger partial charge in [0.25, 0.3) is 0 Å². The summed E-state index contributed by atoms with van der Waals surface area (Å²) in [5, 5.41) is 5.22. The molecule has 4 rings (SSSR count). The molecular weight excluding hydrogens is 476 g/mol. The van der Waals surface area contributed by atoms with Crippen LogP contribution in [0.2, 0.25) is 0 Å². The highest BCUT2D eigenvalue weighted by atomic mass is 19.4. The molecule has 2 N–H and O–H groups in total. The number of hydrogen-bond acceptors (Lipinski definition) is 5. The second-order valence-electron chi connectivity index (χ2n) is 9.23. The Hall–Kier alpha value is -3.25. The molecule has 2 saturated heterocycles. The first-order valence-corrected chi connectivity index (χ1v) is 11.2. The molecule has 2 heterocycles. The summed E-state index contributed by atoms with van der Waals surface area (Å²) in [6, 6.07) is 1.43. The molecule has 1 spiro atoms. The van der Waals surface area contributed by atoms with E-state index in [0.717, 1.165) is 25.0 Å². The number of benzene rings is 1. The molecule has 1 aromatic carbocycles. The first-order chi connectivity index (χ1) is 16.5. The predicted octanol–water partition coefficient (Wildman–Crippen LogP) is 2.75. The van der Waals surface area contributed by atoms with Gasteiger partial charge in [0.15, 0.2) is 0 Å². The van der Waals surface area contributed by atoms with Crippen molar-refractivity contribution in [1.82, 2.24) is 20.4 Å². The number of likely N-dealkylation sites (tertiary alicyclic amines) is 1. The Morgan fingerprint density at radius 3 is 2.60 bits per heavy atom. The number of nitrogens with one attached hydrogen (secondary N) is 2. The molecule has 192 valence electrons. The number of carbonyl (C=O) groups is 3. The summed E-state index contributed by atoms with van der Waals surface area (Å²) in [6.45, 7) is 0.496. The monoisotopic (exact) mass is 502 g/mol. The average molecular weight is 502 g/mol. The van der Waals surface area contributed by atoms with E-state index in [1.165, 1.54) is 7.05 Å². The van der Waals surface area contributed by atoms with E-state index in [4.69, 9.17) is 4.74 Å². The van der Waals surface area contributed by atoms with Gasteiger partial charge in [-0.15, -0.1) is 13.2 Å². The summed E-state index contributed by atoms with van der Waals surface area (Å²) < 4.78 is 60.2. The van der Waals surface area contributed by atoms with Gasteiger partial charge in [-0.25, -0.2) is 14.0 Å². The van der Waals surface area contributed by atoms with Crippen molar-refractivity contribution in [3.8, 4) is 5.75 Å². The number of halogens is 4. The molecule has 4 amide bonds. The lowest BCUT2D eigenvalue weighted by Crippen LogP contribution is -2.61. The SMILES string of the molecule is CNC(=O)N1CC(N(C(=O)NCc2ccc(OC(F)(F)F)cc2F)C2CC2)CC2(COC(=O)C2)C1. The number of rotatable bonds is 5. The van der Waals surface area contributed by atoms with E-state index in [0.29, 0.717) is 19.0 Å². The van der Waals surface area contributed by atoms with Crippen molar-refractivity contribution in [2.24, 2.45) is 5.41 Å². The number of hydrogen-bond donors (Lipinski definition) is 2. The highest BCUT2D eigenvalue weighted by Gasteiger charge is 2.51. The maximum atomic E-state index is 14.3. The van der Waals surface area contributed by atoms with Crippen LogP contribution in [0.25, 0.3) is 0 Å². The van der Waals surface area contributed by atoms with Gasteiger partial charge in [0.1, 0.15) is 11.6 Å². The number of piperidine rings is 1. The van der Waals surface area contributed by atoms with Gasteiger partial charge < -0.3 is 29.9 Å². The number of urea groups is 2. The minimum absolute atomic E-state index is 0.00878. The first kappa shape index (κ1) is 24.9. The largest absolute Gasteiger partial charge is 0.573 e.